The summed E-state index contributed by atoms with van der Waals surface area (Å²) < 4.78 is 0. The molecule has 0 saturated carbocycles. The van der Waals surface area contributed by atoms with E-state index >= 15 is 0 Å². The Kier molecular flexibility index (Phi) is 5.50. The first-order valence-corrected chi connectivity index (χ1v) is 9.18. The Morgan fingerprint density at radius 1 is 1.29 bits per heavy atom. The Hall–Kier alpha value is -0.243. The van der Waals surface area contributed by atoms with Crippen molar-refractivity contribution in [2.75, 3.05) is 13.6 Å². The third-order valence-electron chi connectivity index (χ3n) is 2.37. The predicted molar refractivity (Wildman–Crippen MR) is 69.2 cm³/mol. The molecule has 0 fully saturated rings. The van der Waals surface area contributed by atoms with E-state index in [1.165, 1.54) is 6.42 Å². The van der Waals surface area contributed by atoms with Gasteiger partial charge >= 0.3 is 0 Å². The van der Waals surface area contributed by atoms with Crippen LogP contribution in [0.5, 0.6) is 0 Å². The second-order valence-corrected chi connectivity index (χ2v) is 10.7. The average Bonchev–Trinajstić information content (AvgIpc) is 1.96. The Morgan fingerprint density at radius 2 is 1.79 bits per heavy atom. The summed E-state index contributed by atoms with van der Waals surface area (Å²) in [6.07, 6.45) is 3.59. The number of allylic oxidation sites excluding steroid dienone is 1. The van der Waals surface area contributed by atoms with Gasteiger partial charge in [-0.25, -0.2) is 0 Å². The number of nitrogens with zero attached hydrogens (tertiary/aromatic N) is 1. The SMILES string of the molecule is CC/C(=C\N(C)CC(C)C)[Si](C)(C)C. The molecule has 0 radical (unpaired) electrons. The Balaban J connectivity index is 4.44. The highest BCUT2D eigenvalue weighted by molar-refractivity contribution is 6.83. The van der Waals surface area contributed by atoms with Crippen LogP contribution in [0.15, 0.2) is 11.4 Å². The fourth-order valence-corrected chi connectivity index (χ4v) is 3.38. The molecule has 0 saturated heterocycles. The van der Waals surface area contributed by atoms with Crippen LogP contribution < -0.4 is 0 Å². The highest BCUT2D eigenvalue weighted by Crippen LogP contribution is 2.18. The minimum absolute atomic E-state index is 0.746. The zero-order valence-electron chi connectivity index (χ0n) is 11.0. The lowest BCUT2D eigenvalue weighted by molar-refractivity contribution is 0.388. The van der Waals surface area contributed by atoms with Crippen LogP contribution in [0.1, 0.15) is 27.2 Å². The Labute approximate surface area is 91.2 Å². The van der Waals surface area contributed by atoms with Crippen LogP contribution in [-0.2, 0) is 0 Å². The second-order valence-electron chi connectivity index (χ2n) is 5.59. The van der Waals surface area contributed by atoms with Crippen molar-refractivity contribution < 1.29 is 0 Å². The van der Waals surface area contributed by atoms with E-state index < -0.39 is 8.07 Å². The summed E-state index contributed by atoms with van der Waals surface area (Å²) in [4.78, 5) is 2.35. The van der Waals surface area contributed by atoms with Crippen molar-refractivity contribution in [3.63, 3.8) is 0 Å². The van der Waals surface area contributed by atoms with Gasteiger partial charge in [-0.15, -0.1) is 0 Å². The summed E-state index contributed by atoms with van der Waals surface area (Å²) in [5.41, 5.74) is 0. The molecule has 0 spiro atoms. The molecule has 0 rings (SSSR count). The van der Waals surface area contributed by atoms with E-state index in [0.29, 0.717) is 0 Å². The molecule has 14 heavy (non-hydrogen) atoms. The standard InChI is InChI=1S/C12H27NSi/c1-8-12(14(5,6)7)10-13(4)9-11(2)3/h10-11H,8-9H2,1-7H3/b12-10+. The van der Waals surface area contributed by atoms with Gasteiger partial charge in [0.15, 0.2) is 0 Å². The van der Waals surface area contributed by atoms with E-state index in [2.05, 4.69) is 58.6 Å². The number of hydrogen-bond donors (Lipinski definition) is 0. The first-order chi connectivity index (χ1) is 6.27. The van der Waals surface area contributed by atoms with Crippen molar-refractivity contribution >= 4 is 8.07 Å². The molecule has 0 atom stereocenters. The van der Waals surface area contributed by atoms with E-state index in [9.17, 15) is 0 Å². The lowest BCUT2D eigenvalue weighted by Crippen LogP contribution is -2.27. The molecular weight excluding hydrogens is 186 g/mol. The van der Waals surface area contributed by atoms with Gasteiger partial charge in [-0.2, -0.15) is 0 Å². The summed E-state index contributed by atoms with van der Waals surface area (Å²) in [5, 5.41) is 1.67. The van der Waals surface area contributed by atoms with Crippen molar-refractivity contribution in [1.29, 1.82) is 0 Å². The predicted octanol–water partition coefficient (Wildman–Crippen LogP) is 3.75. The van der Waals surface area contributed by atoms with Crippen molar-refractivity contribution in [1.82, 2.24) is 4.90 Å². The summed E-state index contributed by atoms with van der Waals surface area (Å²) in [6.45, 7) is 15.2. The maximum atomic E-state index is 2.42. The molecule has 2 heteroatoms. The van der Waals surface area contributed by atoms with E-state index in [-0.39, 0.29) is 0 Å². The van der Waals surface area contributed by atoms with Crippen LogP contribution in [0.25, 0.3) is 0 Å². The molecule has 0 heterocycles. The maximum absolute atomic E-state index is 2.42. The average molecular weight is 213 g/mol. The van der Waals surface area contributed by atoms with Gasteiger partial charge in [0.05, 0.1) is 8.07 Å². The molecule has 0 bridgehead atoms. The molecular formula is C12H27NSi. The molecule has 84 valence electrons. The van der Waals surface area contributed by atoms with Crippen molar-refractivity contribution in [2.45, 2.75) is 46.8 Å². The van der Waals surface area contributed by atoms with Gasteiger partial charge < -0.3 is 4.90 Å². The summed E-state index contributed by atoms with van der Waals surface area (Å²) >= 11 is 0. The molecule has 0 aromatic rings. The second kappa shape index (κ2) is 5.59. The van der Waals surface area contributed by atoms with E-state index in [1.54, 1.807) is 5.20 Å². The molecule has 0 aromatic carbocycles. The van der Waals surface area contributed by atoms with Gasteiger partial charge in [0.25, 0.3) is 0 Å². The zero-order chi connectivity index (χ0) is 11.4. The van der Waals surface area contributed by atoms with Gasteiger partial charge in [-0.1, -0.05) is 45.6 Å². The number of rotatable bonds is 5. The highest BCUT2D eigenvalue weighted by Gasteiger charge is 2.18. The Bertz CT molecular complexity index is 189. The highest BCUT2D eigenvalue weighted by atomic mass is 28.3. The van der Waals surface area contributed by atoms with Crippen molar-refractivity contribution in [3.05, 3.63) is 11.4 Å². The van der Waals surface area contributed by atoms with E-state index in [1.807, 2.05) is 0 Å². The summed E-state index contributed by atoms with van der Waals surface area (Å²) in [5.74, 6) is 0.746. The van der Waals surface area contributed by atoms with Crippen LogP contribution in [0, 0.1) is 5.92 Å². The first-order valence-electron chi connectivity index (χ1n) is 5.68. The van der Waals surface area contributed by atoms with Gasteiger partial charge in [0, 0.05) is 13.6 Å². The van der Waals surface area contributed by atoms with Crippen LogP contribution in [0.2, 0.25) is 19.6 Å². The van der Waals surface area contributed by atoms with Crippen molar-refractivity contribution in [2.24, 2.45) is 5.92 Å². The fraction of sp³-hybridized carbons (Fsp3) is 0.833. The molecule has 0 unspecified atom stereocenters. The normalized spacial score (nSPS) is 13.6. The summed E-state index contributed by atoms with van der Waals surface area (Å²) in [6, 6.07) is 0. The smallest absolute Gasteiger partial charge is 0.0743 e. The van der Waals surface area contributed by atoms with Crippen molar-refractivity contribution in [3.8, 4) is 0 Å². The molecule has 0 aliphatic rings. The molecule has 0 aliphatic heterocycles. The minimum atomic E-state index is -1.08. The summed E-state index contributed by atoms with van der Waals surface area (Å²) in [7, 11) is 1.11. The molecule has 0 amide bonds. The van der Waals surface area contributed by atoms with Gasteiger partial charge in [0.1, 0.15) is 0 Å². The molecule has 1 nitrogen and oxygen atoms in total. The van der Waals surface area contributed by atoms with Crippen LogP contribution in [0.3, 0.4) is 0 Å². The zero-order valence-corrected chi connectivity index (χ0v) is 12.0. The van der Waals surface area contributed by atoms with Gasteiger partial charge in [-0.3, -0.25) is 0 Å². The maximum Gasteiger partial charge on any atom is 0.0743 e. The van der Waals surface area contributed by atoms with E-state index in [0.717, 1.165) is 12.5 Å². The quantitative estimate of drug-likeness (QED) is 0.629. The number of hydrogen-bond acceptors (Lipinski definition) is 1. The van der Waals surface area contributed by atoms with Crippen LogP contribution >= 0.6 is 0 Å². The fourth-order valence-electron chi connectivity index (χ4n) is 1.71. The molecule has 0 N–H and O–H groups in total. The topological polar surface area (TPSA) is 3.24 Å². The third-order valence-corrected chi connectivity index (χ3v) is 4.78. The first kappa shape index (κ1) is 13.8. The largest absolute Gasteiger partial charge is 0.381 e. The van der Waals surface area contributed by atoms with Gasteiger partial charge in [-0.05, 0) is 18.5 Å². The lowest BCUT2D eigenvalue weighted by Gasteiger charge is -2.24. The monoisotopic (exact) mass is 213 g/mol. The minimum Gasteiger partial charge on any atom is -0.381 e. The molecule has 0 aromatic heterocycles. The van der Waals surface area contributed by atoms with Crippen LogP contribution in [-0.4, -0.2) is 26.6 Å². The Morgan fingerprint density at radius 3 is 2.07 bits per heavy atom. The van der Waals surface area contributed by atoms with Crippen LogP contribution in [0.4, 0.5) is 0 Å². The third kappa shape index (κ3) is 5.48. The van der Waals surface area contributed by atoms with Gasteiger partial charge in [0.2, 0.25) is 0 Å². The van der Waals surface area contributed by atoms with E-state index in [4.69, 9.17) is 0 Å². The lowest BCUT2D eigenvalue weighted by atomic mass is 10.2. The molecule has 0 aliphatic carbocycles.